The number of carbonyl (C=O) groups is 1. The van der Waals surface area contributed by atoms with Crippen molar-refractivity contribution in [3.8, 4) is 0 Å². The Bertz CT molecular complexity index is 634. The first kappa shape index (κ1) is 14.9. The van der Waals surface area contributed by atoms with Crippen LogP contribution in [0.2, 0.25) is 0 Å². The summed E-state index contributed by atoms with van der Waals surface area (Å²) in [5.74, 6) is -1.95. The van der Waals surface area contributed by atoms with Crippen LogP contribution in [0.4, 0.5) is 4.39 Å². The van der Waals surface area contributed by atoms with Crippen molar-refractivity contribution in [1.82, 2.24) is 9.29 Å². The molecule has 8 heteroatoms. The minimum atomic E-state index is -4.08. The zero-order chi connectivity index (χ0) is 15.0. The molecular formula is C12H15FN2O4S. The van der Waals surface area contributed by atoms with Crippen molar-refractivity contribution in [3.63, 3.8) is 0 Å². The fraction of sp³-hybridized carbons (Fsp3) is 0.500. The summed E-state index contributed by atoms with van der Waals surface area (Å²) in [7, 11) is -4.08. The monoisotopic (exact) mass is 302 g/mol. The van der Waals surface area contributed by atoms with Crippen LogP contribution in [0.25, 0.3) is 0 Å². The molecule has 1 unspecified atom stereocenters. The molecule has 1 atom stereocenters. The maximum atomic E-state index is 13.2. The van der Waals surface area contributed by atoms with Crippen LogP contribution in [-0.2, 0) is 14.8 Å². The molecule has 0 bridgehead atoms. The largest absolute Gasteiger partial charge is 0.480 e. The Hall–Kier alpha value is -1.54. The molecule has 0 aliphatic carbocycles. The highest BCUT2D eigenvalue weighted by Crippen LogP contribution is 2.37. The zero-order valence-corrected chi connectivity index (χ0v) is 11.7. The van der Waals surface area contributed by atoms with E-state index in [0.717, 1.165) is 22.8 Å². The number of carboxylic acids is 1. The topological polar surface area (TPSA) is 87.6 Å². The van der Waals surface area contributed by atoms with Crippen LogP contribution in [0.3, 0.4) is 0 Å². The van der Waals surface area contributed by atoms with E-state index in [-0.39, 0.29) is 24.3 Å². The first-order valence-electron chi connectivity index (χ1n) is 6.21. The van der Waals surface area contributed by atoms with Crippen molar-refractivity contribution in [2.24, 2.45) is 0 Å². The highest BCUT2D eigenvalue weighted by Gasteiger charge is 2.52. The van der Waals surface area contributed by atoms with Crippen LogP contribution >= 0.6 is 0 Å². The van der Waals surface area contributed by atoms with Crippen LogP contribution in [0.5, 0.6) is 0 Å². The highest BCUT2D eigenvalue weighted by atomic mass is 32.2. The Morgan fingerprint density at radius 2 is 2.25 bits per heavy atom. The second-order valence-electron chi connectivity index (χ2n) is 4.71. The molecule has 20 heavy (non-hydrogen) atoms. The van der Waals surface area contributed by atoms with Crippen molar-refractivity contribution in [2.45, 2.75) is 36.6 Å². The van der Waals surface area contributed by atoms with Crippen LogP contribution in [0.1, 0.15) is 26.2 Å². The third-order valence-electron chi connectivity index (χ3n) is 3.68. The van der Waals surface area contributed by atoms with Crippen molar-refractivity contribution in [1.29, 1.82) is 0 Å². The Balaban J connectivity index is 2.51. The van der Waals surface area contributed by atoms with Crippen LogP contribution in [0.15, 0.2) is 23.4 Å². The van der Waals surface area contributed by atoms with Gasteiger partial charge in [-0.25, -0.2) is 12.8 Å². The number of halogens is 1. The molecule has 1 N–H and O–H groups in total. The first-order valence-corrected chi connectivity index (χ1v) is 7.65. The summed E-state index contributed by atoms with van der Waals surface area (Å²) in [4.78, 5) is 14.7. The van der Waals surface area contributed by atoms with E-state index in [1.165, 1.54) is 0 Å². The summed E-state index contributed by atoms with van der Waals surface area (Å²) in [5, 5.41) is 9.40. The number of nitrogens with zero attached hydrogens (tertiary/aromatic N) is 2. The van der Waals surface area contributed by atoms with Gasteiger partial charge in [-0.3, -0.25) is 9.78 Å². The lowest BCUT2D eigenvalue weighted by Gasteiger charge is -2.32. The molecule has 2 rings (SSSR count). The van der Waals surface area contributed by atoms with Gasteiger partial charge in [0.2, 0.25) is 10.0 Å². The molecule has 6 nitrogen and oxygen atoms in total. The van der Waals surface area contributed by atoms with Gasteiger partial charge < -0.3 is 5.11 Å². The van der Waals surface area contributed by atoms with Gasteiger partial charge in [0.05, 0.1) is 6.20 Å². The van der Waals surface area contributed by atoms with E-state index in [4.69, 9.17) is 0 Å². The Kier molecular flexibility index (Phi) is 3.79. The summed E-state index contributed by atoms with van der Waals surface area (Å²) < 4.78 is 39.2. The number of hydrogen-bond donors (Lipinski definition) is 1. The number of hydrogen-bond acceptors (Lipinski definition) is 4. The van der Waals surface area contributed by atoms with Gasteiger partial charge in [-0.05, 0) is 25.3 Å². The second-order valence-corrected chi connectivity index (χ2v) is 6.57. The van der Waals surface area contributed by atoms with Gasteiger partial charge in [0, 0.05) is 12.7 Å². The average Bonchev–Trinajstić information content (AvgIpc) is 2.84. The molecule has 0 spiro atoms. The van der Waals surface area contributed by atoms with Crippen molar-refractivity contribution < 1.29 is 22.7 Å². The molecule has 1 fully saturated rings. The van der Waals surface area contributed by atoms with Gasteiger partial charge in [0.1, 0.15) is 16.3 Å². The van der Waals surface area contributed by atoms with Crippen molar-refractivity contribution in [2.75, 3.05) is 6.54 Å². The fourth-order valence-corrected chi connectivity index (χ4v) is 4.42. The maximum Gasteiger partial charge on any atom is 0.325 e. The maximum absolute atomic E-state index is 13.2. The Morgan fingerprint density at radius 1 is 1.55 bits per heavy atom. The van der Waals surface area contributed by atoms with Gasteiger partial charge in [0.25, 0.3) is 0 Å². The van der Waals surface area contributed by atoms with E-state index in [1.54, 1.807) is 6.92 Å². The summed E-state index contributed by atoms with van der Waals surface area (Å²) in [6.45, 7) is 1.74. The van der Waals surface area contributed by atoms with E-state index in [1.807, 2.05) is 0 Å². The third kappa shape index (κ3) is 2.18. The summed E-state index contributed by atoms with van der Waals surface area (Å²) in [6, 6.07) is 0.850. The van der Waals surface area contributed by atoms with E-state index < -0.39 is 27.3 Å². The molecule has 1 aliphatic rings. The SMILES string of the molecule is CCC1(C(=O)O)CCCN1S(=O)(=O)c1cncc(F)c1. The average molecular weight is 302 g/mol. The molecule has 1 saturated heterocycles. The summed E-state index contributed by atoms with van der Waals surface area (Å²) in [5.41, 5.74) is -1.45. The van der Waals surface area contributed by atoms with Crippen molar-refractivity contribution >= 4 is 16.0 Å². The standard InChI is InChI=1S/C12H15FN2O4S/c1-2-12(11(16)17)4-3-5-15(12)20(18,19)10-6-9(13)7-14-8-10/h6-8H,2-5H2,1H3,(H,16,17). The van der Waals surface area contributed by atoms with E-state index in [2.05, 4.69) is 4.98 Å². The third-order valence-corrected chi connectivity index (χ3v) is 5.61. The highest BCUT2D eigenvalue weighted by molar-refractivity contribution is 7.89. The molecule has 0 aromatic carbocycles. The summed E-state index contributed by atoms with van der Waals surface area (Å²) >= 11 is 0. The number of rotatable bonds is 4. The lowest BCUT2D eigenvalue weighted by atomic mass is 9.95. The van der Waals surface area contributed by atoms with Gasteiger partial charge in [-0.15, -0.1) is 0 Å². The predicted molar refractivity (Wildman–Crippen MR) is 68.0 cm³/mol. The zero-order valence-electron chi connectivity index (χ0n) is 10.9. The second kappa shape index (κ2) is 5.10. The minimum Gasteiger partial charge on any atom is -0.480 e. The number of aromatic nitrogens is 1. The van der Waals surface area contributed by atoms with Gasteiger partial charge >= 0.3 is 5.97 Å². The molecule has 0 saturated carbocycles. The minimum absolute atomic E-state index is 0.110. The molecule has 1 aromatic heterocycles. The number of carboxylic acid groups (broad SMARTS) is 1. The van der Waals surface area contributed by atoms with Crippen molar-refractivity contribution in [3.05, 3.63) is 24.3 Å². The Morgan fingerprint density at radius 3 is 2.80 bits per heavy atom. The number of sulfonamides is 1. The van der Waals surface area contributed by atoms with E-state index in [0.29, 0.717) is 6.42 Å². The summed E-state index contributed by atoms with van der Waals surface area (Å²) in [6.07, 6.45) is 2.79. The molecule has 1 aliphatic heterocycles. The van der Waals surface area contributed by atoms with Gasteiger partial charge in [-0.1, -0.05) is 6.92 Å². The van der Waals surface area contributed by atoms with Crippen LogP contribution in [0, 0.1) is 5.82 Å². The number of pyridine rings is 1. The molecule has 0 amide bonds. The molecule has 0 radical (unpaired) electrons. The van der Waals surface area contributed by atoms with Crippen LogP contribution < -0.4 is 0 Å². The van der Waals surface area contributed by atoms with Gasteiger partial charge in [0.15, 0.2) is 0 Å². The number of aliphatic carboxylic acids is 1. The van der Waals surface area contributed by atoms with E-state index >= 15 is 0 Å². The lowest BCUT2D eigenvalue weighted by molar-refractivity contribution is -0.147. The molecule has 1 aromatic rings. The molecule has 110 valence electrons. The molecule has 2 heterocycles. The van der Waals surface area contributed by atoms with Gasteiger partial charge in [-0.2, -0.15) is 4.31 Å². The van der Waals surface area contributed by atoms with E-state index in [9.17, 15) is 22.7 Å². The Labute approximate surface area is 116 Å². The quantitative estimate of drug-likeness (QED) is 0.904. The fourth-order valence-electron chi connectivity index (χ4n) is 2.58. The normalized spacial score (nSPS) is 23.9. The lowest BCUT2D eigenvalue weighted by Crippen LogP contribution is -2.52. The first-order chi connectivity index (χ1) is 9.34. The predicted octanol–water partition coefficient (Wildman–Crippen LogP) is 1.24. The van der Waals surface area contributed by atoms with Crippen LogP contribution in [-0.4, -0.2) is 40.9 Å². The smallest absolute Gasteiger partial charge is 0.325 e. The molecular weight excluding hydrogens is 287 g/mol.